The smallest absolute Gasteiger partial charge is 0.221 e. The second-order valence-corrected chi connectivity index (χ2v) is 6.93. The summed E-state index contributed by atoms with van der Waals surface area (Å²) in [5, 5.41) is 2.40. The zero-order valence-electron chi connectivity index (χ0n) is 15.3. The summed E-state index contributed by atoms with van der Waals surface area (Å²) in [5.41, 5.74) is 10.6. The van der Waals surface area contributed by atoms with Crippen LogP contribution in [0.2, 0.25) is 0 Å². The molecule has 0 atom stereocenters. The van der Waals surface area contributed by atoms with E-state index < -0.39 is 0 Å². The van der Waals surface area contributed by atoms with E-state index in [9.17, 15) is 0 Å². The van der Waals surface area contributed by atoms with Gasteiger partial charge in [0.15, 0.2) is 0 Å². The Bertz CT molecular complexity index is 1180. The number of nitrogens with two attached hydrogens (primary N) is 1. The first-order valence-electron chi connectivity index (χ1n) is 9.20. The Morgan fingerprint density at radius 3 is 1.96 bits per heavy atom. The Morgan fingerprint density at radius 1 is 0.786 bits per heavy atom. The fourth-order valence-electron chi connectivity index (χ4n) is 3.60. The van der Waals surface area contributed by atoms with Crippen molar-refractivity contribution in [2.45, 2.75) is 13.1 Å². The molecular formula is C22H20N6. The lowest BCUT2D eigenvalue weighted by Gasteiger charge is -2.24. The lowest BCUT2D eigenvalue weighted by atomic mass is 10.1. The van der Waals surface area contributed by atoms with E-state index in [1.54, 1.807) is 6.20 Å². The van der Waals surface area contributed by atoms with E-state index in [1.807, 2.05) is 18.5 Å². The van der Waals surface area contributed by atoms with Crippen molar-refractivity contribution in [2.24, 2.45) is 0 Å². The lowest BCUT2D eigenvalue weighted by Crippen LogP contribution is -2.23. The van der Waals surface area contributed by atoms with Gasteiger partial charge < -0.3 is 20.6 Å². The normalized spacial score (nSPS) is 11.3. The first-order chi connectivity index (χ1) is 13.7. The molecule has 0 spiro atoms. The number of benzene rings is 2. The number of aromatic amines is 2. The standard InChI is InChI=1S/C22H20N6/c23-22-26-10-7-21(27-22)28(13-15-1-3-19-17(11-15)5-8-24-19)14-16-2-4-20-18(12-16)6-9-25-20/h1-12,24-25H,13-14H2,(H2,23,26,27). The van der Waals surface area contributed by atoms with Gasteiger partial charge in [-0.3, -0.25) is 0 Å². The third-order valence-corrected chi connectivity index (χ3v) is 4.97. The molecule has 0 fully saturated rings. The van der Waals surface area contributed by atoms with Gasteiger partial charge in [-0.15, -0.1) is 0 Å². The van der Waals surface area contributed by atoms with Crippen LogP contribution in [0.3, 0.4) is 0 Å². The van der Waals surface area contributed by atoms with Gasteiger partial charge in [0, 0.05) is 42.7 Å². The van der Waals surface area contributed by atoms with Gasteiger partial charge in [0.05, 0.1) is 0 Å². The van der Waals surface area contributed by atoms with E-state index in [0.717, 1.165) is 29.9 Å². The van der Waals surface area contributed by atoms with E-state index in [-0.39, 0.29) is 5.95 Å². The molecule has 3 aromatic heterocycles. The number of hydrogen-bond donors (Lipinski definition) is 3. The summed E-state index contributed by atoms with van der Waals surface area (Å²) in [5.74, 6) is 1.10. The fourth-order valence-corrected chi connectivity index (χ4v) is 3.60. The highest BCUT2D eigenvalue weighted by molar-refractivity contribution is 5.80. The van der Waals surface area contributed by atoms with Crippen LogP contribution in [0.1, 0.15) is 11.1 Å². The highest BCUT2D eigenvalue weighted by atomic mass is 15.2. The maximum absolute atomic E-state index is 5.85. The first-order valence-corrected chi connectivity index (χ1v) is 9.20. The summed E-state index contributed by atoms with van der Waals surface area (Å²) in [6.45, 7) is 1.45. The van der Waals surface area contributed by atoms with Crippen molar-refractivity contribution in [3.8, 4) is 0 Å². The van der Waals surface area contributed by atoms with Gasteiger partial charge in [-0.2, -0.15) is 4.98 Å². The molecule has 0 saturated heterocycles. The molecule has 6 heteroatoms. The molecule has 0 saturated carbocycles. The maximum Gasteiger partial charge on any atom is 0.221 e. The lowest BCUT2D eigenvalue weighted by molar-refractivity contribution is 0.783. The third kappa shape index (κ3) is 3.16. The minimum Gasteiger partial charge on any atom is -0.368 e. The summed E-state index contributed by atoms with van der Waals surface area (Å²) in [6, 6.07) is 19.0. The van der Waals surface area contributed by atoms with E-state index in [0.29, 0.717) is 0 Å². The van der Waals surface area contributed by atoms with Crippen molar-refractivity contribution in [1.29, 1.82) is 0 Å². The Hall–Kier alpha value is -3.80. The molecule has 0 aliphatic heterocycles. The Labute approximate surface area is 162 Å². The summed E-state index contributed by atoms with van der Waals surface area (Å²) in [6.07, 6.45) is 5.63. The number of hydrogen-bond acceptors (Lipinski definition) is 4. The molecule has 138 valence electrons. The fraction of sp³-hybridized carbons (Fsp3) is 0.0909. The molecule has 5 rings (SSSR count). The van der Waals surface area contributed by atoms with E-state index in [2.05, 4.69) is 73.4 Å². The van der Waals surface area contributed by atoms with Gasteiger partial charge in [0.1, 0.15) is 5.82 Å². The Kier molecular flexibility index (Phi) is 3.94. The molecule has 3 heterocycles. The van der Waals surface area contributed by atoms with Gasteiger partial charge in [-0.1, -0.05) is 12.1 Å². The second-order valence-electron chi connectivity index (χ2n) is 6.93. The molecule has 2 aromatic carbocycles. The second kappa shape index (κ2) is 6.74. The highest BCUT2D eigenvalue weighted by Crippen LogP contribution is 2.22. The number of nitrogens with one attached hydrogen (secondary N) is 2. The van der Waals surface area contributed by atoms with Crippen molar-refractivity contribution in [3.05, 3.63) is 84.3 Å². The topological polar surface area (TPSA) is 86.6 Å². The van der Waals surface area contributed by atoms with Crippen LogP contribution >= 0.6 is 0 Å². The average molecular weight is 368 g/mol. The molecule has 0 radical (unpaired) electrons. The number of anilines is 2. The predicted molar refractivity (Wildman–Crippen MR) is 113 cm³/mol. The number of H-pyrrole nitrogens is 2. The Morgan fingerprint density at radius 2 is 1.39 bits per heavy atom. The SMILES string of the molecule is Nc1nccc(N(Cc2ccc3[nH]ccc3c2)Cc2ccc3[nH]ccc3c2)n1. The average Bonchev–Trinajstić information content (AvgIpc) is 3.36. The van der Waals surface area contributed by atoms with Gasteiger partial charge in [0.2, 0.25) is 5.95 Å². The molecule has 28 heavy (non-hydrogen) atoms. The molecule has 0 amide bonds. The molecule has 6 nitrogen and oxygen atoms in total. The quantitative estimate of drug-likeness (QED) is 0.433. The van der Waals surface area contributed by atoms with E-state index >= 15 is 0 Å². The van der Waals surface area contributed by atoms with Gasteiger partial charge in [0.25, 0.3) is 0 Å². The maximum atomic E-state index is 5.85. The molecular weight excluding hydrogens is 348 g/mol. The molecule has 0 aliphatic carbocycles. The van der Waals surface area contributed by atoms with E-state index in [1.165, 1.54) is 21.9 Å². The number of nitrogen functional groups attached to an aromatic ring is 1. The van der Waals surface area contributed by atoms with Crippen molar-refractivity contribution < 1.29 is 0 Å². The van der Waals surface area contributed by atoms with Gasteiger partial charge >= 0.3 is 0 Å². The molecule has 4 N–H and O–H groups in total. The van der Waals surface area contributed by atoms with Crippen LogP contribution < -0.4 is 10.6 Å². The van der Waals surface area contributed by atoms with Gasteiger partial charge in [-0.05, 0) is 64.4 Å². The minimum absolute atomic E-state index is 0.282. The van der Waals surface area contributed by atoms with Crippen molar-refractivity contribution in [1.82, 2.24) is 19.9 Å². The van der Waals surface area contributed by atoms with Crippen LogP contribution in [0, 0.1) is 0 Å². The van der Waals surface area contributed by atoms with Crippen LogP contribution in [0.25, 0.3) is 21.8 Å². The van der Waals surface area contributed by atoms with Gasteiger partial charge in [-0.25, -0.2) is 4.98 Å². The number of rotatable bonds is 5. The van der Waals surface area contributed by atoms with Crippen LogP contribution in [0.5, 0.6) is 0 Å². The molecule has 0 aliphatic rings. The Balaban J connectivity index is 1.49. The monoisotopic (exact) mass is 368 g/mol. The zero-order valence-corrected chi connectivity index (χ0v) is 15.3. The predicted octanol–water partition coefficient (Wildman–Crippen LogP) is 4.23. The summed E-state index contributed by atoms with van der Waals surface area (Å²) in [7, 11) is 0. The van der Waals surface area contributed by atoms with Crippen molar-refractivity contribution >= 4 is 33.6 Å². The largest absolute Gasteiger partial charge is 0.368 e. The highest BCUT2D eigenvalue weighted by Gasteiger charge is 2.12. The minimum atomic E-state index is 0.282. The van der Waals surface area contributed by atoms with Crippen molar-refractivity contribution in [2.75, 3.05) is 10.6 Å². The van der Waals surface area contributed by atoms with E-state index in [4.69, 9.17) is 5.73 Å². The molecule has 0 bridgehead atoms. The molecule has 0 unspecified atom stereocenters. The van der Waals surface area contributed by atoms with Crippen molar-refractivity contribution in [3.63, 3.8) is 0 Å². The number of aromatic nitrogens is 4. The molecule has 5 aromatic rings. The van der Waals surface area contributed by atoms with Crippen LogP contribution in [-0.2, 0) is 13.1 Å². The summed E-state index contributed by atoms with van der Waals surface area (Å²) < 4.78 is 0. The summed E-state index contributed by atoms with van der Waals surface area (Å²) >= 11 is 0. The van der Waals surface area contributed by atoms with Crippen LogP contribution in [0.15, 0.2) is 73.2 Å². The number of nitrogens with zero attached hydrogens (tertiary/aromatic N) is 3. The zero-order chi connectivity index (χ0) is 18.9. The van der Waals surface area contributed by atoms with Crippen LogP contribution in [-0.4, -0.2) is 19.9 Å². The van der Waals surface area contributed by atoms with Crippen LogP contribution in [0.4, 0.5) is 11.8 Å². The number of fused-ring (bicyclic) bond motifs is 2. The summed E-state index contributed by atoms with van der Waals surface area (Å²) in [4.78, 5) is 17.2. The first kappa shape index (κ1) is 16.4. The third-order valence-electron chi connectivity index (χ3n) is 4.97.